The lowest BCUT2D eigenvalue weighted by Crippen LogP contribution is -2.29. The van der Waals surface area contributed by atoms with E-state index in [-0.39, 0.29) is 17.6 Å². The molecule has 0 amide bonds. The number of hydrogen-bond donors (Lipinski definition) is 1. The number of ether oxygens (including phenoxy) is 2. The Kier molecular flexibility index (Phi) is 2.99. The van der Waals surface area contributed by atoms with Gasteiger partial charge in [0.05, 0.1) is 12.5 Å². The zero-order valence-corrected chi connectivity index (χ0v) is 9.10. The molecule has 0 saturated carbocycles. The van der Waals surface area contributed by atoms with E-state index in [0.29, 0.717) is 30.9 Å². The molecule has 16 heavy (non-hydrogen) atoms. The Balaban J connectivity index is 2.17. The minimum atomic E-state index is -0.319. The van der Waals surface area contributed by atoms with Crippen LogP contribution in [0.3, 0.4) is 0 Å². The van der Waals surface area contributed by atoms with E-state index < -0.39 is 0 Å². The molecule has 0 fully saturated rings. The molecule has 1 unspecified atom stereocenters. The molecule has 86 valence electrons. The summed E-state index contributed by atoms with van der Waals surface area (Å²) in [5.41, 5.74) is 0.687. The van der Waals surface area contributed by atoms with Gasteiger partial charge in [0.25, 0.3) is 0 Å². The zero-order valence-electron chi connectivity index (χ0n) is 9.10. The first-order valence-corrected chi connectivity index (χ1v) is 5.32. The Hall–Kier alpha value is -1.71. The fraction of sp³-hybridized carbons (Fsp3) is 0.417. The Bertz CT molecular complexity index is 400. The maximum absolute atomic E-state index is 11.5. The van der Waals surface area contributed by atoms with Crippen molar-refractivity contribution in [2.24, 2.45) is 5.92 Å². The van der Waals surface area contributed by atoms with Crippen LogP contribution < -0.4 is 4.74 Å². The molecule has 1 heterocycles. The summed E-state index contributed by atoms with van der Waals surface area (Å²) in [6.45, 7) is 2.45. The monoisotopic (exact) mass is 222 g/mol. The number of aromatic hydroxyl groups is 1. The van der Waals surface area contributed by atoms with Gasteiger partial charge in [0.1, 0.15) is 18.1 Å². The van der Waals surface area contributed by atoms with Crippen molar-refractivity contribution in [3.8, 4) is 11.5 Å². The van der Waals surface area contributed by atoms with Gasteiger partial charge in [-0.15, -0.1) is 0 Å². The van der Waals surface area contributed by atoms with Crippen molar-refractivity contribution < 1.29 is 19.4 Å². The predicted molar refractivity (Wildman–Crippen MR) is 57.4 cm³/mol. The molecule has 1 aliphatic rings. The second-order valence-corrected chi connectivity index (χ2v) is 3.72. The number of benzene rings is 1. The third-order valence-corrected chi connectivity index (χ3v) is 2.62. The number of fused-ring (bicyclic) bond motifs is 1. The fourth-order valence-electron chi connectivity index (χ4n) is 1.80. The first kappa shape index (κ1) is 10.8. The van der Waals surface area contributed by atoms with Crippen molar-refractivity contribution in [1.82, 2.24) is 0 Å². The predicted octanol–water partition coefficient (Wildman–Crippen LogP) is 1.51. The van der Waals surface area contributed by atoms with Crippen molar-refractivity contribution in [3.63, 3.8) is 0 Å². The summed E-state index contributed by atoms with van der Waals surface area (Å²) in [6.07, 6.45) is 0.473. The van der Waals surface area contributed by atoms with Gasteiger partial charge in [-0.1, -0.05) is 6.07 Å². The molecule has 1 atom stereocenters. The van der Waals surface area contributed by atoms with Gasteiger partial charge in [-0.2, -0.15) is 0 Å². The first-order valence-electron chi connectivity index (χ1n) is 5.32. The van der Waals surface area contributed by atoms with Crippen LogP contribution in [0.15, 0.2) is 18.2 Å². The second kappa shape index (κ2) is 4.43. The summed E-state index contributed by atoms with van der Waals surface area (Å²) >= 11 is 0. The largest absolute Gasteiger partial charge is 0.508 e. The third kappa shape index (κ3) is 1.96. The molecule has 0 bridgehead atoms. The zero-order chi connectivity index (χ0) is 11.5. The van der Waals surface area contributed by atoms with Gasteiger partial charge in [0.15, 0.2) is 0 Å². The lowest BCUT2D eigenvalue weighted by Gasteiger charge is -2.24. The van der Waals surface area contributed by atoms with Crippen molar-refractivity contribution in [3.05, 3.63) is 23.8 Å². The van der Waals surface area contributed by atoms with Crippen LogP contribution >= 0.6 is 0 Å². The molecule has 4 heteroatoms. The summed E-state index contributed by atoms with van der Waals surface area (Å²) in [5.74, 6) is 0.240. The minimum absolute atomic E-state index is 0.173. The van der Waals surface area contributed by atoms with Crippen LogP contribution in [0.25, 0.3) is 0 Å². The van der Waals surface area contributed by atoms with Gasteiger partial charge < -0.3 is 14.6 Å². The van der Waals surface area contributed by atoms with Gasteiger partial charge >= 0.3 is 5.97 Å². The molecule has 1 N–H and O–H groups in total. The molecule has 2 rings (SSSR count). The molecule has 4 nitrogen and oxygen atoms in total. The van der Waals surface area contributed by atoms with E-state index in [9.17, 15) is 9.90 Å². The molecule has 0 saturated heterocycles. The Morgan fingerprint density at radius 3 is 3.19 bits per heavy atom. The lowest BCUT2D eigenvalue weighted by atomic mass is 9.96. The fourth-order valence-corrected chi connectivity index (χ4v) is 1.80. The van der Waals surface area contributed by atoms with E-state index in [4.69, 9.17) is 9.47 Å². The van der Waals surface area contributed by atoms with Crippen molar-refractivity contribution in [2.75, 3.05) is 13.2 Å². The molecule has 1 aliphatic heterocycles. The average molecular weight is 222 g/mol. The Morgan fingerprint density at radius 1 is 1.62 bits per heavy atom. The molecule has 1 aromatic rings. The molecular formula is C12H14O4. The van der Waals surface area contributed by atoms with E-state index in [2.05, 4.69) is 0 Å². The standard InChI is InChI=1S/C12H14O4/c1-2-15-12(14)8-6-9-10(13)4-3-5-11(9)16-7-8/h3-5,8,13H,2,6-7H2,1H3. The number of hydrogen-bond acceptors (Lipinski definition) is 4. The summed E-state index contributed by atoms with van der Waals surface area (Å²) in [4.78, 5) is 11.5. The highest BCUT2D eigenvalue weighted by atomic mass is 16.5. The normalized spacial score (nSPS) is 18.4. The van der Waals surface area contributed by atoms with Gasteiger partial charge in [0, 0.05) is 5.56 Å². The SMILES string of the molecule is CCOC(=O)C1COc2cccc(O)c2C1. The van der Waals surface area contributed by atoms with E-state index >= 15 is 0 Å². The number of phenolic OH excluding ortho intramolecular Hbond substituents is 1. The van der Waals surface area contributed by atoms with Crippen molar-refractivity contribution in [1.29, 1.82) is 0 Å². The minimum Gasteiger partial charge on any atom is -0.508 e. The topological polar surface area (TPSA) is 55.8 Å². The van der Waals surface area contributed by atoms with E-state index in [1.807, 2.05) is 0 Å². The summed E-state index contributed by atoms with van der Waals surface area (Å²) < 4.78 is 10.4. The van der Waals surface area contributed by atoms with Crippen LogP contribution in [-0.2, 0) is 16.0 Å². The van der Waals surface area contributed by atoms with Crippen molar-refractivity contribution in [2.45, 2.75) is 13.3 Å². The number of phenols is 1. The average Bonchev–Trinajstić information content (AvgIpc) is 2.29. The highest BCUT2D eigenvalue weighted by Gasteiger charge is 2.28. The number of carbonyl (C=O) groups is 1. The number of carbonyl (C=O) groups excluding carboxylic acids is 1. The quantitative estimate of drug-likeness (QED) is 0.770. The smallest absolute Gasteiger partial charge is 0.312 e. The van der Waals surface area contributed by atoms with Gasteiger partial charge in [0.2, 0.25) is 0 Å². The van der Waals surface area contributed by atoms with Crippen LogP contribution in [-0.4, -0.2) is 24.3 Å². The molecular weight excluding hydrogens is 208 g/mol. The van der Waals surface area contributed by atoms with E-state index in [0.717, 1.165) is 0 Å². The molecule has 0 aliphatic carbocycles. The Labute approximate surface area is 93.8 Å². The van der Waals surface area contributed by atoms with Crippen LogP contribution in [0.2, 0.25) is 0 Å². The molecule has 1 aromatic carbocycles. The summed E-state index contributed by atoms with van der Waals surface area (Å²) in [7, 11) is 0. The second-order valence-electron chi connectivity index (χ2n) is 3.72. The maximum atomic E-state index is 11.5. The van der Waals surface area contributed by atoms with Crippen LogP contribution in [0.1, 0.15) is 12.5 Å². The summed E-state index contributed by atoms with van der Waals surface area (Å²) in [6, 6.07) is 5.10. The van der Waals surface area contributed by atoms with Crippen LogP contribution in [0.5, 0.6) is 11.5 Å². The highest BCUT2D eigenvalue weighted by Crippen LogP contribution is 2.33. The summed E-state index contributed by atoms with van der Waals surface area (Å²) in [5, 5.41) is 9.65. The van der Waals surface area contributed by atoms with Gasteiger partial charge in [-0.05, 0) is 25.5 Å². The molecule has 0 radical (unpaired) electrons. The van der Waals surface area contributed by atoms with E-state index in [1.54, 1.807) is 25.1 Å². The first-order chi connectivity index (χ1) is 7.72. The van der Waals surface area contributed by atoms with Gasteiger partial charge in [-0.25, -0.2) is 0 Å². The van der Waals surface area contributed by atoms with Gasteiger partial charge in [-0.3, -0.25) is 4.79 Å². The maximum Gasteiger partial charge on any atom is 0.312 e. The molecule has 0 aromatic heterocycles. The highest BCUT2D eigenvalue weighted by molar-refractivity contribution is 5.74. The van der Waals surface area contributed by atoms with Crippen molar-refractivity contribution >= 4 is 5.97 Å². The van der Waals surface area contributed by atoms with Crippen LogP contribution in [0.4, 0.5) is 0 Å². The Morgan fingerprint density at radius 2 is 2.44 bits per heavy atom. The van der Waals surface area contributed by atoms with E-state index in [1.165, 1.54) is 0 Å². The van der Waals surface area contributed by atoms with Crippen LogP contribution in [0, 0.1) is 5.92 Å². The molecule has 0 spiro atoms. The number of rotatable bonds is 2. The number of esters is 1. The lowest BCUT2D eigenvalue weighted by molar-refractivity contribution is -0.149. The third-order valence-electron chi connectivity index (χ3n) is 2.62.